The lowest BCUT2D eigenvalue weighted by atomic mass is 10.0. The van der Waals surface area contributed by atoms with E-state index in [1.54, 1.807) is 0 Å². The van der Waals surface area contributed by atoms with Crippen LogP contribution in [0.3, 0.4) is 0 Å². The van der Waals surface area contributed by atoms with Crippen LogP contribution in [-0.2, 0) is 0 Å². The van der Waals surface area contributed by atoms with E-state index in [-0.39, 0.29) is 10.6 Å². The molecule has 1 atom stereocenters. The first-order valence-corrected chi connectivity index (χ1v) is 5.19. The van der Waals surface area contributed by atoms with Crippen molar-refractivity contribution in [2.75, 3.05) is 0 Å². The zero-order valence-corrected chi connectivity index (χ0v) is 9.68. The molecule has 0 saturated carbocycles. The fourth-order valence-corrected chi connectivity index (χ4v) is 1.55. The number of carbonyl (C=O) groups excluding carboxylic acids is 1. The highest BCUT2D eigenvalue weighted by atomic mass is 79.9. The van der Waals surface area contributed by atoms with Crippen LogP contribution < -0.4 is 0 Å². The monoisotopic (exact) mass is 240 g/mol. The van der Waals surface area contributed by atoms with Crippen molar-refractivity contribution in [1.29, 1.82) is 0 Å². The minimum Gasteiger partial charge on any atom is -0.293 e. The lowest BCUT2D eigenvalue weighted by Gasteiger charge is -2.06. The fraction of sp³-hybridized carbons (Fsp3) is 0.364. The molecule has 1 aromatic carbocycles. The first kappa shape index (κ1) is 10.5. The number of rotatable bonds is 2. The summed E-state index contributed by atoms with van der Waals surface area (Å²) in [7, 11) is 0. The molecule has 13 heavy (non-hydrogen) atoms. The van der Waals surface area contributed by atoms with Crippen molar-refractivity contribution < 1.29 is 4.79 Å². The predicted molar refractivity (Wildman–Crippen MR) is 58.6 cm³/mol. The maximum Gasteiger partial charge on any atom is 0.176 e. The number of Topliss-reactive ketones (excluding diaryl/α,β-unsaturated/α-hetero) is 1. The third-order valence-corrected chi connectivity index (χ3v) is 2.42. The Balaban J connectivity index is 3.09. The molecule has 0 bridgehead atoms. The van der Waals surface area contributed by atoms with Crippen molar-refractivity contribution in [2.24, 2.45) is 0 Å². The van der Waals surface area contributed by atoms with Gasteiger partial charge in [0, 0.05) is 5.56 Å². The molecule has 1 rings (SSSR count). The number of alkyl halides is 1. The van der Waals surface area contributed by atoms with Crippen LogP contribution in [0.4, 0.5) is 0 Å². The molecular formula is C11H13BrO. The Labute approximate surface area is 87.3 Å². The van der Waals surface area contributed by atoms with Gasteiger partial charge in [-0.2, -0.15) is 0 Å². The van der Waals surface area contributed by atoms with Gasteiger partial charge < -0.3 is 0 Å². The number of hydrogen-bond acceptors (Lipinski definition) is 1. The number of ketones is 1. The molecule has 2 heteroatoms. The summed E-state index contributed by atoms with van der Waals surface area (Å²) >= 11 is 3.28. The molecule has 0 aliphatic carbocycles. The summed E-state index contributed by atoms with van der Waals surface area (Å²) in [5.74, 6) is 0.150. The quantitative estimate of drug-likeness (QED) is 0.573. The Morgan fingerprint density at radius 1 is 1.38 bits per heavy atom. The summed E-state index contributed by atoms with van der Waals surface area (Å²) in [6.45, 7) is 5.84. The van der Waals surface area contributed by atoms with Gasteiger partial charge in [-0.25, -0.2) is 0 Å². The second-order valence-corrected chi connectivity index (χ2v) is 4.67. The van der Waals surface area contributed by atoms with E-state index in [2.05, 4.69) is 15.9 Å². The van der Waals surface area contributed by atoms with Crippen molar-refractivity contribution in [1.82, 2.24) is 0 Å². The molecule has 1 unspecified atom stereocenters. The van der Waals surface area contributed by atoms with Gasteiger partial charge in [-0.05, 0) is 26.3 Å². The van der Waals surface area contributed by atoms with Crippen molar-refractivity contribution >= 4 is 21.7 Å². The summed E-state index contributed by atoms with van der Waals surface area (Å²) in [5.41, 5.74) is 3.06. The van der Waals surface area contributed by atoms with Crippen molar-refractivity contribution in [3.8, 4) is 0 Å². The number of hydrogen-bond donors (Lipinski definition) is 0. The molecule has 0 radical (unpaired) electrons. The Bertz CT molecular complexity index is 329. The van der Waals surface area contributed by atoms with E-state index >= 15 is 0 Å². The maximum absolute atomic E-state index is 11.6. The molecule has 0 fully saturated rings. The molecule has 0 aliphatic rings. The Morgan fingerprint density at radius 3 is 2.46 bits per heavy atom. The normalized spacial score (nSPS) is 12.6. The molecule has 0 heterocycles. The summed E-state index contributed by atoms with van der Waals surface area (Å²) < 4.78 is 0. The van der Waals surface area contributed by atoms with Gasteiger partial charge in [0.15, 0.2) is 5.78 Å². The smallest absolute Gasteiger partial charge is 0.176 e. The number of benzene rings is 1. The van der Waals surface area contributed by atoms with Gasteiger partial charge in [0.25, 0.3) is 0 Å². The molecule has 70 valence electrons. The Morgan fingerprint density at radius 2 is 2.00 bits per heavy atom. The highest BCUT2D eigenvalue weighted by molar-refractivity contribution is 9.10. The molecule has 0 aromatic heterocycles. The first-order valence-electron chi connectivity index (χ1n) is 4.28. The van der Waals surface area contributed by atoms with Gasteiger partial charge in [-0.3, -0.25) is 4.79 Å². The number of aryl methyl sites for hydroxylation is 2. The standard InChI is InChI=1S/C11H13BrO/c1-7-4-5-10(8(2)6-7)11(13)9(3)12/h4-6,9H,1-3H3. The Hall–Kier alpha value is -0.630. The van der Waals surface area contributed by atoms with Gasteiger partial charge in [0.05, 0.1) is 4.83 Å². The topological polar surface area (TPSA) is 17.1 Å². The van der Waals surface area contributed by atoms with E-state index in [4.69, 9.17) is 0 Å². The third-order valence-electron chi connectivity index (χ3n) is 2.01. The molecule has 1 nitrogen and oxygen atoms in total. The van der Waals surface area contributed by atoms with Crippen LogP contribution in [0.2, 0.25) is 0 Å². The molecule has 1 aromatic rings. The lowest BCUT2D eigenvalue weighted by Crippen LogP contribution is -2.11. The third kappa shape index (κ3) is 2.41. The summed E-state index contributed by atoms with van der Waals surface area (Å²) in [4.78, 5) is 11.5. The van der Waals surface area contributed by atoms with E-state index in [1.165, 1.54) is 5.56 Å². The summed E-state index contributed by atoms with van der Waals surface area (Å²) in [6.07, 6.45) is 0. The van der Waals surface area contributed by atoms with Crippen LogP contribution in [0.5, 0.6) is 0 Å². The van der Waals surface area contributed by atoms with Crippen LogP contribution >= 0.6 is 15.9 Å². The maximum atomic E-state index is 11.6. The van der Waals surface area contributed by atoms with Crippen molar-refractivity contribution in [3.63, 3.8) is 0 Å². The van der Waals surface area contributed by atoms with Crippen LogP contribution in [0.15, 0.2) is 18.2 Å². The van der Waals surface area contributed by atoms with E-state index in [0.717, 1.165) is 11.1 Å². The van der Waals surface area contributed by atoms with Crippen LogP contribution in [0, 0.1) is 13.8 Å². The average Bonchev–Trinajstić information content (AvgIpc) is 2.03. The van der Waals surface area contributed by atoms with Crippen LogP contribution in [-0.4, -0.2) is 10.6 Å². The Kier molecular flexibility index (Phi) is 3.26. The number of halogens is 1. The highest BCUT2D eigenvalue weighted by Crippen LogP contribution is 2.15. The molecular weight excluding hydrogens is 228 g/mol. The fourth-order valence-electron chi connectivity index (χ4n) is 1.30. The van der Waals surface area contributed by atoms with E-state index in [9.17, 15) is 4.79 Å². The van der Waals surface area contributed by atoms with E-state index in [0.29, 0.717) is 0 Å². The minimum atomic E-state index is -0.103. The van der Waals surface area contributed by atoms with E-state index in [1.807, 2.05) is 39.0 Å². The van der Waals surface area contributed by atoms with Gasteiger partial charge in [0.2, 0.25) is 0 Å². The van der Waals surface area contributed by atoms with Crippen LogP contribution in [0.25, 0.3) is 0 Å². The molecule has 0 amide bonds. The molecule has 0 aliphatic heterocycles. The second kappa shape index (κ2) is 4.05. The lowest BCUT2D eigenvalue weighted by molar-refractivity contribution is 0.0995. The van der Waals surface area contributed by atoms with Gasteiger partial charge >= 0.3 is 0 Å². The van der Waals surface area contributed by atoms with Gasteiger partial charge in [0.1, 0.15) is 0 Å². The minimum absolute atomic E-state index is 0.103. The molecule has 0 spiro atoms. The zero-order chi connectivity index (χ0) is 10.0. The second-order valence-electron chi connectivity index (χ2n) is 3.30. The largest absolute Gasteiger partial charge is 0.293 e. The molecule has 0 saturated heterocycles. The van der Waals surface area contributed by atoms with Crippen LogP contribution in [0.1, 0.15) is 28.4 Å². The summed E-state index contributed by atoms with van der Waals surface area (Å²) in [5, 5.41) is 0. The van der Waals surface area contributed by atoms with Crippen molar-refractivity contribution in [2.45, 2.75) is 25.6 Å². The summed E-state index contributed by atoms with van der Waals surface area (Å²) in [6, 6.07) is 5.89. The average molecular weight is 241 g/mol. The van der Waals surface area contributed by atoms with Crippen molar-refractivity contribution in [3.05, 3.63) is 34.9 Å². The zero-order valence-electron chi connectivity index (χ0n) is 8.10. The SMILES string of the molecule is Cc1ccc(C(=O)C(C)Br)c(C)c1. The number of carbonyl (C=O) groups is 1. The predicted octanol–water partition coefficient (Wildman–Crippen LogP) is 3.27. The van der Waals surface area contributed by atoms with Gasteiger partial charge in [-0.15, -0.1) is 0 Å². The van der Waals surface area contributed by atoms with E-state index < -0.39 is 0 Å². The van der Waals surface area contributed by atoms with Gasteiger partial charge in [-0.1, -0.05) is 39.7 Å². The molecule has 0 N–H and O–H groups in total. The highest BCUT2D eigenvalue weighted by Gasteiger charge is 2.13. The first-order chi connectivity index (χ1) is 6.02.